The molecule has 0 fully saturated rings. The number of benzene rings is 2. The Balaban J connectivity index is 1.75. The highest BCUT2D eigenvalue weighted by atomic mass is 16.5. The van der Waals surface area contributed by atoms with Gasteiger partial charge in [0, 0.05) is 0 Å². The van der Waals surface area contributed by atoms with E-state index in [4.69, 9.17) is 14.6 Å². The van der Waals surface area contributed by atoms with Gasteiger partial charge in [-0.15, -0.1) is 0 Å². The van der Waals surface area contributed by atoms with Crippen molar-refractivity contribution in [3.63, 3.8) is 0 Å². The topological polar surface area (TPSA) is 76.0 Å². The number of esters is 1. The SMILES string of the molecule is Cc1ccc(OCC(O)COC(=O)c2ccc(O)cc2)cc1. The van der Waals surface area contributed by atoms with Gasteiger partial charge in [-0.2, -0.15) is 0 Å². The van der Waals surface area contributed by atoms with Crippen LogP contribution in [0.3, 0.4) is 0 Å². The summed E-state index contributed by atoms with van der Waals surface area (Å²) in [6.07, 6.45) is -0.914. The number of ether oxygens (including phenoxy) is 2. The number of hydrogen-bond donors (Lipinski definition) is 2. The molecule has 2 N–H and O–H groups in total. The number of aryl methyl sites for hydroxylation is 1. The third-order valence-corrected chi connectivity index (χ3v) is 2.97. The Labute approximate surface area is 128 Å². The first-order chi connectivity index (χ1) is 10.5. The Bertz CT molecular complexity index is 604. The van der Waals surface area contributed by atoms with E-state index in [1.165, 1.54) is 24.3 Å². The average Bonchev–Trinajstić information content (AvgIpc) is 2.52. The lowest BCUT2D eigenvalue weighted by molar-refractivity contribution is 0.0130. The number of aliphatic hydroxyl groups excluding tert-OH is 1. The average molecular weight is 302 g/mol. The number of aromatic hydroxyl groups is 1. The minimum Gasteiger partial charge on any atom is -0.508 e. The monoisotopic (exact) mass is 302 g/mol. The molecule has 22 heavy (non-hydrogen) atoms. The fourth-order valence-electron chi connectivity index (χ4n) is 1.73. The van der Waals surface area contributed by atoms with E-state index in [2.05, 4.69) is 0 Å². The van der Waals surface area contributed by atoms with Crippen molar-refractivity contribution in [2.24, 2.45) is 0 Å². The predicted molar refractivity (Wildman–Crippen MR) is 81.1 cm³/mol. The van der Waals surface area contributed by atoms with Crippen LogP contribution in [0, 0.1) is 6.92 Å². The predicted octanol–water partition coefficient (Wildman–Crippen LogP) is 2.30. The van der Waals surface area contributed by atoms with Crippen LogP contribution in [0.2, 0.25) is 0 Å². The molecule has 0 saturated heterocycles. The zero-order valence-corrected chi connectivity index (χ0v) is 12.2. The molecule has 0 bridgehead atoms. The maximum atomic E-state index is 11.7. The van der Waals surface area contributed by atoms with Crippen molar-refractivity contribution in [3.8, 4) is 11.5 Å². The Hall–Kier alpha value is -2.53. The van der Waals surface area contributed by atoms with E-state index >= 15 is 0 Å². The second-order valence-corrected chi connectivity index (χ2v) is 4.92. The summed E-state index contributed by atoms with van der Waals surface area (Å²) in [6.45, 7) is 1.85. The highest BCUT2D eigenvalue weighted by Crippen LogP contribution is 2.12. The molecule has 0 amide bonds. The Morgan fingerprint density at radius 3 is 2.32 bits per heavy atom. The Morgan fingerprint density at radius 1 is 1.05 bits per heavy atom. The van der Waals surface area contributed by atoms with Gasteiger partial charge in [-0.3, -0.25) is 0 Å². The first-order valence-corrected chi connectivity index (χ1v) is 6.88. The minimum atomic E-state index is -0.914. The quantitative estimate of drug-likeness (QED) is 0.801. The summed E-state index contributed by atoms with van der Waals surface area (Å²) in [5.74, 6) is 0.159. The Kier molecular flexibility index (Phi) is 5.38. The fraction of sp³-hybridized carbons (Fsp3) is 0.235. The van der Waals surface area contributed by atoms with E-state index in [-0.39, 0.29) is 19.0 Å². The molecule has 0 spiro atoms. The summed E-state index contributed by atoms with van der Waals surface area (Å²) in [6, 6.07) is 13.1. The fourth-order valence-corrected chi connectivity index (χ4v) is 1.73. The van der Waals surface area contributed by atoms with E-state index in [1.54, 1.807) is 0 Å². The van der Waals surface area contributed by atoms with Crippen LogP contribution in [0.1, 0.15) is 15.9 Å². The molecule has 2 aromatic carbocycles. The molecule has 5 heteroatoms. The summed E-state index contributed by atoms with van der Waals surface area (Å²) in [5.41, 5.74) is 1.43. The number of phenols is 1. The summed E-state index contributed by atoms with van der Waals surface area (Å²) >= 11 is 0. The lowest BCUT2D eigenvalue weighted by Crippen LogP contribution is -2.25. The molecular formula is C17H18O5. The molecule has 0 aliphatic heterocycles. The smallest absolute Gasteiger partial charge is 0.338 e. The summed E-state index contributed by atoms with van der Waals surface area (Å²) in [4.78, 5) is 11.7. The maximum absolute atomic E-state index is 11.7. The van der Waals surface area contributed by atoms with Crippen LogP contribution in [0.5, 0.6) is 11.5 Å². The second-order valence-electron chi connectivity index (χ2n) is 4.92. The molecule has 0 aliphatic rings. The van der Waals surface area contributed by atoms with Crippen LogP contribution in [0.4, 0.5) is 0 Å². The van der Waals surface area contributed by atoms with Crippen molar-refractivity contribution in [1.29, 1.82) is 0 Å². The molecule has 1 unspecified atom stereocenters. The molecular weight excluding hydrogens is 284 g/mol. The van der Waals surface area contributed by atoms with Gasteiger partial charge in [0.25, 0.3) is 0 Å². The first-order valence-electron chi connectivity index (χ1n) is 6.88. The number of aliphatic hydroxyl groups is 1. The molecule has 5 nitrogen and oxygen atoms in total. The molecule has 2 aromatic rings. The largest absolute Gasteiger partial charge is 0.508 e. The maximum Gasteiger partial charge on any atom is 0.338 e. The number of rotatable bonds is 6. The van der Waals surface area contributed by atoms with E-state index in [0.717, 1.165) is 5.56 Å². The molecule has 116 valence electrons. The lowest BCUT2D eigenvalue weighted by Gasteiger charge is -2.13. The molecule has 0 aromatic heterocycles. The van der Waals surface area contributed by atoms with Gasteiger partial charge in [0.15, 0.2) is 0 Å². The number of carbonyl (C=O) groups excluding carboxylic acids is 1. The van der Waals surface area contributed by atoms with Gasteiger partial charge in [0.2, 0.25) is 0 Å². The van der Waals surface area contributed by atoms with Crippen LogP contribution >= 0.6 is 0 Å². The lowest BCUT2D eigenvalue weighted by atomic mass is 10.2. The van der Waals surface area contributed by atoms with Crippen molar-refractivity contribution in [3.05, 3.63) is 59.7 Å². The van der Waals surface area contributed by atoms with Crippen LogP contribution in [0.15, 0.2) is 48.5 Å². The third-order valence-electron chi connectivity index (χ3n) is 2.97. The number of phenolic OH excluding ortho intramolecular Hbond substituents is 1. The van der Waals surface area contributed by atoms with Gasteiger partial charge in [0.1, 0.15) is 30.8 Å². The van der Waals surface area contributed by atoms with Crippen LogP contribution in [-0.4, -0.2) is 35.5 Å². The zero-order chi connectivity index (χ0) is 15.9. The molecule has 0 aliphatic carbocycles. The summed E-state index contributed by atoms with van der Waals surface area (Å²) < 4.78 is 10.4. The van der Waals surface area contributed by atoms with Crippen molar-refractivity contribution >= 4 is 5.97 Å². The molecule has 0 radical (unpaired) electrons. The van der Waals surface area contributed by atoms with Crippen LogP contribution < -0.4 is 4.74 Å². The van der Waals surface area contributed by atoms with Gasteiger partial charge in [-0.25, -0.2) is 4.79 Å². The second kappa shape index (κ2) is 7.47. The van der Waals surface area contributed by atoms with Crippen molar-refractivity contribution in [2.75, 3.05) is 13.2 Å². The van der Waals surface area contributed by atoms with Gasteiger partial charge in [-0.05, 0) is 43.3 Å². The summed E-state index contributed by atoms with van der Waals surface area (Å²) in [5, 5.41) is 18.9. The van der Waals surface area contributed by atoms with Gasteiger partial charge in [0.05, 0.1) is 5.56 Å². The van der Waals surface area contributed by atoms with Gasteiger partial charge >= 0.3 is 5.97 Å². The van der Waals surface area contributed by atoms with Crippen molar-refractivity contribution in [2.45, 2.75) is 13.0 Å². The van der Waals surface area contributed by atoms with Crippen LogP contribution in [-0.2, 0) is 4.74 Å². The highest BCUT2D eigenvalue weighted by Gasteiger charge is 2.11. The normalized spacial score (nSPS) is 11.7. The van der Waals surface area contributed by atoms with E-state index in [1.807, 2.05) is 31.2 Å². The van der Waals surface area contributed by atoms with E-state index in [0.29, 0.717) is 11.3 Å². The molecule has 2 rings (SSSR count). The first kappa shape index (κ1) is 15.9. The zero-order valence-electron chi connectivity index (χ0n) is 12.2. The molecule has 0 heterocycles. The number of hydrogen-bond acceptors (Lipinski definition) is 5. The van der Waals surface area contributed by atoms with E-state index < -0.39 is 12.1 Å². The molecule has 0 saturated carbocycles. The van der Waals surface area contributed by atoms with E-state index in [9.17, 15) is 9.90 Å². The number of carbonyl (C=O) groups is 1. The Morgan fingerprint density at radius 2 is 1.68 bits per heavy atom. The standard InChI is InChI=1S/C17H18O5/c1-12-2-8-16(9-3-12)21-10-15(19)11-22-17(20)13-4-6-14(18)7-5-13/h2-9,15,18-19H,10-11H2,1H3. The molecule has 1 atom stereocenters. The minimum absolute atomic E-state index is 0.0336. The van der Waals surface area contributed by atoms with Gasteiger partial charge in [-0.1, -0.05) is 17.7 Å². The summed E-state index contributed by atoms with van der Waals surface area (Å²) in [7, 11) is 0. The third kappa shape index (κ3) is 4.79. The van der Waals surface area contributed by atoms with Gasteiger partial charge < -0.3 is 19.7 Å². The van der Waals surface area contributed by atoms with Crippen molar-refractivity contribution in [1.82, 2.24) is 0 Å². The van der Waals surface area contributed by atoms with Crippen LogP contribution in [0.25, 0.3) is 0 Å². The van der Waals surface area contributed by atoms with Crippen molar-refractivity contribution < 1.29 is 24.5 Å². The highest BCUT2D eigenvalue weighted by molar-refractivity contribution is 5.89.